The van der Waals surface area contributed by atoms with Crippen LogP contribution in [0.4, 0.5) is 36.8 Å². The van der Waals surface area contributed by atoms with Crippen LogP contribution in [0.1, 0.15) is 29.5 Å². The number of nitrogens with one attached hydrogen (secondary N) is 2. The van der Waals surface area contributed by atoms with Gasteiger partial charge in [0.25, 0.3) is 0 Å². The second-order valence-corrected chi connectivity index (χ2v) is 8.34. The van der Waals surface area contributed by atoms with Gasteiger partial charge in [-0.25, -0.2) is 4.79 Å². The maximum absolute atomic E-state index is 13.1. The quantitative estimate of drug-likeness (QED) is 0.475. The van der Waals surface area contributed by atoms with Gasteiger partial charge in [0.05, 0.1) is 11.1 Å². The number of likely N-dealkylation sites (tertiary alicyclic amines) is 1. The molecule has 0 radical (unpaired) electrons. The Balaban J connectivity index is 1.78. The lowest BCUT2D eigenvalue weighted by atomic mass is 10.1. The summed E-state index contributed by atoms with van der Waals surface area (Å²) in [6.45, 7) is -0.0858. The van der Waals surface area contributed by atoms with Crippen molar-refractivity contribution >= 4 is 46.7 Å². The van der Waals surface area contributed by atoms with Crippen molar-refractivity contribution in [1.82, 2.24) is 10.2 Å². The average molecular weight is 542 g/mol. The summed E-state index contributed by atoms with van der Waals surface area (Å²) in [5.74, 6) is -1.59. The van der Waals surface area contributed by atoms with Crippen LogP contribution in [0.3, 0.4) is 0 Å². The molecule has 0 spiro atoms. The Hall–Kier alpha value is -2.99. The Morgan fingerprint density at radius 3 is 2.11 bits per heavy atom. The summed E-state index contributed by atoms with van der Waals surface area (Å²) in [7, 11) is 0. The second-order valence-electron chi connectivity index (χ2n) is 7.50. The van der Waals surface area contributed by atoms with Crippen LogP contribution in [0, 0.1) is 0 Å². The van der Waals surface area contributed by atoms with E-state index in [1.807, 2.05) is 5.32 Å². The molecule has 3 rings (SSSR count). The van der Waals surface area contributed by atoms with Crippen molar-refractivity contribution < 1.29 is 40.7 Å². The van der Waals surface area contributed by atoms with E-state index in [1.54, 1.807) is 6.07 Å². The lowest BCUT2D eigenvalue weighted by molar-refractivity contribution is -0.143. The van der Waals surface area contributed by atoms with Crippen LogP contribution in [-0.4, -0.2) is 28.8 Å². The first-order chi connectivity index (χ1) is 16.2. The first-order valence-electron chi connectivity index (χ1n) is 9.81. The van der Waals surface area contributed by atoms with Gasteiger partial charge in [0.15, 0.2) is 0 Å². The van der Waals surface area contributed by atoms with E-state index < -0.39 is 53.1 Å². The molecule has 1 aliphatic heterocycles. The molecule has 1 fully saturated rings. The molecule has 14 heteroatoms. The molecule has 0 saturated carbocycles. The Kier molecular flexibility index (Phi) is 7.56. The molecule has 0 bridgehead atoms. The molecule has 4 amide bonds. The first kappa shape index (κ1) is 26.6. The summed E-state index contributed by atoms with van der Waals surface area (Å²) >= 11 is 11.8. The predicted octanol–water partition coefficient (Wildman–Crippen LogP) is 5.87. The molecule has 1 unspecified atom stereocenters. The molecule has 1 heterocycles. The summed E-state index contributed by atoms with van der Waals surface area (Å²) in [4.78, 5) is 38.0. The van der Waals surface area contributed by atoms with Crippen molar-refractivity contribution in [3.8, 4) is 0 Å². The zero-order valence-corrected chi connectivity index (χ0v) is 18.9. The fourth-order valence-corrected chi connectivity index (χ4v) is 3.84. The Bertz CT molecular complexity index is 1140. The summed E-state index contributed by atoms with van der Waals surface area (Å²) < 4.78 is 78.4. The lowest BCUT2D eigenvalue weighted by Gasteiger charge is -2.23. The van der Waals surface area contributed by atoms with Gasteiger partial charge >= 0.3 is 18.4 Å². The number of anilines is 1. The van der Waals surface area contributed by atoms with Crippen molar-refractivity contribution in [2.24, 2.45) is 0 Å². The number of rotatable bonds is 4. The van der Waals surface area contributed by atoms with Crippen molar-refractivity contribution in [1.29, 1.82) is 0 Å². The van der Waals surface area contributed by atoms with Gasteiger partial charge in [0.2, 0.25) is 11.8 Å². The zero-order chi connectivity index (χ0) is 26.1. The minimum atomic E-state index is -5.13. The Morgan fingerprint density at radius 2 is 1.57 bits per heavy atom. The van der Waals surface area contributed by atoms with E-state index in [2.05, 4.69) is 5.32 Å². The van der Waals surface area contributed by atoms with Crippen molar-refractivity contribution in [2.75, 3.05) is 5.32 Å². The number of amides is 4. The number of imide groups is 1. The number of hydrogen-bond acceptors (Lipinski definition) is 3. The van der Waals surface area contributed by atoms with E-state index in [0.717, 1.165) is 0 Å². The largest absolute Gasteiger partial charge is 0.416 e. The maximum atomic E-state index is 13.1. The molecule has 0 aromatic heterocycles. The van der Waals surface area contributed by atoms with E-state index in [4.69, 9.17) is 23.2 Å². The molecule has 2 aromatic carbocycles. The predicted molar refractivity (Wildman–Crippen MR) is 114 cm³/mol. The highest BCUT2D eigenvalue weighted by Crippen LogP contribution is 2.37. The van der Waals surface area contributed by atoms with Crippen molar-refractivity contribution in [2.45, 2.75) is 37.8 Å². The number of hydrogen-bond donors (Lipinski definition) is 2. The van der Waals surface area contributed by atoms with Gasteiger partial charge in [-0.05, 0) is 42.3 Å². The SMILES string of the molecule is O=C(NCc1ccc(Cl)cc1Cl)C1CCC(=O)N1C(=O)Nc1cc(C(F)(F)F)cc(C(F)(F)F)c1. The number of alkyl halides is 6. The maximum Gasteiger partial charge on any atom is 0.416 e. The standard InChI is InChI=1S/C21H15Cl2F6N3O3/c22-13-2-1-10(15(23)8-13)9-30-18(34)16-3-4-17(33)32(16)19(35)31-14-6-11(20(24,25)26)5-12(7-14)21(27,28)29/h1-2,5-8,16H,3-4,9H2,(H,30,34)(H,31,35). The molecule has 1 saturated heterocycles. The molecule has 2 aromatic rings. The molecule has 35 heavy (non-hydrogen) atoms. The third-order valence-corrected chi connectivity index (χ3v) is 5.63. The van der Waals surface area contributed by atoms with Gasteiger partial charge in [0, 0.05) is 28.7 Å². The topological polar surface area (TPSA) is 78.5 Å². The molecular formula is C21H15Cl2F6N3O3. The van der Waals surface area contributed by atoms with E-state index in [0.29, 0.717) is 27.6 Å². The van der Waals surface area contributed by atoms with Crippen LogP contribution in [0.2, 0.25) is 10.0 Å². The number of carbonyl (C=O) groups is 3. The van der Waals surface area contributed by atoms with Gasteiger partial charge < -0.3 is 10.6 Å². The molecule has 1 aliphatic rings. The highest BCUT2D eigenvalue weighted by atomic mass is 35.5. The minimum absolute atomic E-state index is 0.0858. The number of urea groups is 1. The van der Waals surface area contributed by atoms with Gasteiger partial charge in [-0.1, -0.05) is 29.3 Å². The number of nitrogens with zero attached hydrogens (tertiary/aromatic N) is 1. The summed E-state index contributed by atoms with van der Waals surface area (Å²) in [6.07, 6.45) is -10.6. The second kappa shape index (κ2) is 9.94. The van der Waals surface area contributed by atoms with Gasteiger partial charge in [-0.3, -0.25) is 14.5 Å². The van der Waals surface area contributed by atoms with Crippen LogP contribution in [0.25, 0.3) is 0 Å². The van der Waals surface area contributed by atoms with Crippen LogP contribution in [0.15, 0.2) is 36.4 Å². The van der Waals surface area contributed by atoms with E-state index in [-0.39, 0.29) is 30.5 Å². The van der Waals surface area contributed by atoms with Gasteiger partial charge in [0.1, 0.15) is 6.04 Å². The lowest BCUT2D eigenvalue weighted by Crippen LogP contribution is -2.49. The smallest absolute Gasteiger partial charge is 0.350 e. The normalized spacial score (nSPS) is 16.4. The number of benzene rings is 2. The number of halogens is 8. The van der Waals surface area contributed by atoms with Crippen LogP contribution < -0.4 is 10.6 Å². The van der Waals surface area contributed by atoms with Crippen molar-refractivity contribution in [3.05, 3.63) is 63.1 Å². The molecule has 6 nitrogen and oxygen atoms in total. The van der Waals surface area contributed by atoms with Gasteiger partial charge in [-0.2, -0.15) is 26.3 Å². The third-order valence-electron chi connectivity index (χ3n) is 5.04. The van der Waals surface area contributed by atoms with E-state index in [1.165, 1.54) is 12.1 Å². The molecule has 188 valence electrons. The first-order valence-corrected chi connectivity index (χ1v) is 10.6. The van der Waals surface area contributed by atoms with Crippen LogP contribution in [0.5, 0.6) is 0 Å². The summed E-state index contributed by atoms with van der Waals surface area (Å²) in [5, 5.41) is 4.96. The van der Waals surface area contributed by atoms with Crippen LogP contribution >= 0.6 is 23.2 Å². The molecule has 2 N–H and O–H groups in total. The minimum Gasteiger partial charge on any atom is -0.350 e. The monoisotopic (exact) mass is 541 g/mol. The summed E-state index contributed by atoms with van der Waals surface area (Å²) in [6, 6.07) is 2.32. The molecule has 0 aliphatic carbocycles. The average Bonchev–Trinajstić information content (AvgIpc) is 3.13. The highest BCUT2D eigenvalue weighted by Gasteiger charge is 2.41. The molecule has 1 atom stereocenters. The van der Waals surface area contributed by atoms with Gasteiger partial charge in [-0.15, -0.1) is 0 Å². The number of carbonyl (C=O) groups excluding carboxylic acids is 3. The summed E-state index contributed by atoms with van der Waals surface area (Å²) in [5.41, 5.74) is -3.66. The fraction of sp³-hybridized carbons (Fsp3) is 0.286. The Morgan fingerprint density at radius 1 is 0.971 bits per heavy atom. The van der Waals surface area contributed by atoms with E-state index >= 15 is 0 Å². The fourth-order valence-electron chi connectivity index (χ4n) is 3.36. The third kappa shape index (κ3) is 6.37. The van der Waals surface area contributed by atoms with Crippen LogP contribution in [-0.2, 0) is 28.5 Å². The molecular weight excluding hydrogens is 527 g/mol. The van der Waals surface area contributed by atoms with Crippen molar-refractivity contribution in [3.63, 3.8) is 0 Å². The zero-order valence-electron chi connectivity index (χ0n) is 17.4. The Labute approximate surface area is 204 Å². The highest BCUT2D eigenvalue weighted by molar-refractivity contribution is 6.35. The van der Waals surface area contributed by atoms with E-state index in [9.17, 15) is 40.7 Å².